The van der Waals surface area contributed by atoms with Crippen LogP contribution in [0.4, 0.5) is 13.2 Å². The van der Waals surface area contributed by atoms with Crippen LogP contribution in [-0.2, 0) is 10.1 Å². The van der Waals surface area contributed by atoms with E-state index < -0.39 is 32.7 Å². The molecule has 1 aromatic heterocycles. The molecule has 2 rings (SSSR count). The molecule has 0 aliphatic heterocycles. The minimum atomic E-state index is -5.95. The van der Waals surface area contributed by atoms with Crippen molar-refractivity contribution in [3.63, 3.8) is 0 Å². The summed E-state index contributed by atoms with van der Waals surface area (Å²) in [6, 6.07) is 3.84. The first-order valence-electron chi connectivity index (χ1n) is 7.45. The first-order chi connectivity index (χ1) is 12.4. The van der Waals surface area contributed by atoms with Gasteiger partial charge in [-0.25, -0.2) is 0 Å². The summed E-state index contributed by atoms with van der Waals surface area (Å²) >= 11 is 0. The number of rotatable bonds is 6. The number of ketones is 1. The van der Waals surface area contributed by atoms with E-state index in [1.54, 1.807) is 6.92 Å². The van der Waals surface area contributed by atoms with Crippen LogP contribution < -0.4 is 4.18 Å². The van der Waals surface area contributed by atoms with Gasteiger partial charge >= 0.3 is 15.6 Å². The highest BCUT2D eigenvalue weighted by molar-refractivity contribution is 7.88. The Hall–Kier alpha value is -2.81. The van der Waals surface area contributed by atoms with Crippen molar-refractivity contribution in [1.82, 2.24) is 0 Å². The number of carbonyl (C=O) groups excluding carboxylic acids is 1. The molecule has 0 aliphatic carbocycles. The zero-order valence-corrected chi connectivity index (χ0v) is 15.2. The Kier molecular flexibility index (Phi) is 5.37. The van der Waals surface area contributed by atoms with Crippen LogP contribution in [0.1, 0.15) is 39.7 Å². The van der Waals surface area contributed by atoms with E-state index in [1.165, 1.54) is 31.4 Å². The number of hydrogen-bond donors (Lipinski definition) is 0. The standard InChI is InChI=1S/C18H15F3O5S/c1-5-12-9-25-17(14(12)10(2)3)15(22)13-8-6-7-11(4)16(13)26-27(23,24)18(19,20)21/h5-9H,1-2H2,3-4H3. The van der Waals surface area contributed by atoms with Gasteiger partial charge in [0.25, 0.3) is 0 Å². The van der Waals surface area contributed by atoms with Gasteiger partial charge in [-0.1, -0.05) is 31.4 Å². The molecule has 9 heteroatoms. The molecular weight excluding hydrogens is 385 g/mol. The summed E-state index contributed by atoms with van der Waals surface area (Å²) < 4.78 is 70.4. The Bertz CT molecular complexity index is 1030. The molecule has 0 radical (unpaired) electrons. The summed E-state index contributed by atoms with van der Waals surface area (Å²) in [7, 11) is -5.95. The van der Waals surface area contributed by atoms with Gasteiger partial charge in [0.05, 0.1) is 11.8 Å². The van der Waals surface area contributed by atoms with E-state index in [1.807, 2.05) is 0 Å². The summed E-state index contributed by atoms with van der Waals surface area (Å²) in [5.41, 5.74) is -4.76. The summed E-state index contributed by atoms with van der Waals surface area (Å²) in [5.74, 6) is -1.78. The summed E-state index contributed by atoms with van der Waals surface area (Å²) in [6.45, 7) is 10.2. The lowest BCUT2D eigenvalue weighted by molar-refractivity contribution is -0.0500. The smallest absolute Gasteiger partial charge is 0.460 e. The largest absolute Gasteiger partial charge is 0.534 e. The molecule has 144 valence electrons. The van der Waals surface area contributed by atoms with Crippen molar-refractivity contribution < 1.29 is 35.0 Å². The lowest BCUT2D eigenvalue weighted by Crippen LogP contribution is -2.29. The highest BCUT2D eigenvalue weighted by Crippen LogP contribution is 2.34. The summed E-state index contributed by atoms with van der Waals surface area (Å²) in [6.07, 6.45) is 2.67. The maximum atomic E-state index is 12.9. The average molecular weight is 400 g/mol. The van der Waals surface area contributed by atoms with Gasteiger partial charge in [-0.15, -0.1) is 0 Å². The minimum absolute atomic E-state index is 0.0288. The molecule has 5 nitrogen and oxygen atoms in total. The minimum Gasteiger partial charge on any atom is -0.460 e. The number of alkyl halides is 3. The molecule has 0 saturated heterocycles. The number of hydrogen-bond acceptors (Lipinski definition) is 5. The SMILES string of the molecule is C=Cc1coc(C(=O)c2cccc(C)c2OS(=O)(=O)C(F)(F)F)c1C(=C)C. The molecular formula is C18H15F3O5S. The average Bonchev–Trinajstić information content (AvgIpc) is 2.99. The van der Waals surface area contributed by atoms with Gasteiger partial charge in [0.15, 0.2) is 11.5 Å². The molecule has 0 atom stereocenters. The second-order valence-corrected chi connectivity index (χ2v) is 7.18. The number of carbonyl (C=O) groups is 1. The molecule has 0 amide bonds. The van der Waals surface area contributed by atoms with Crippen LogP contribution in [0.5, 0.6) is 5.75 Å². The number of para-hydroxylation sites is 1. The lowest BCUT2D eigenvalue weighted by Gasteiger charge is -2.14. The van der Waals surface area contributed by atoms with Gasteiger partial charge in [-0.3, -0.25) is 4.79 Å². The highest BCUT2D eigenvalue weighted by atomic mass is 32.2. The molecule has 0 unspecified atom stereocenters. The van der Waals surface area contributed by atoms with Crippen molar-refractivity contribution in [3.8, 4) is 5.75 Å². The monoisotopic (exact) mass is 400 g/mol. The Labute approximate surface area is 153 Å². The van der Waals surface area contributed by atoms with Crippen molar-refractivity contribution in [2.45, 2.75) is 19.4 Å². The Morgan fingerprint density at radius 3 is 2.44 bits per heavy atom. The topological polar surface area (TPSA) is 73.6 Å². The first kappa shape index (κ1) is 20.5. The number of aryl methyl sites for hydroxylation is 1. The Balaban J connectivity index is 2.64. The molecule has 0 aliphatic rings. The van der Waals surface area contributed by atoms with E-state index in [-0.39, 0.29) is 11.3 Å². The lowest BCUT2D eigenvalue weighted by atomic mass is 9.98. The highest BCUT2D eigenvalue weighted by Gasteiger charge is 2.49. The normalized spacial score (nSPS) is 11.9. The molecule has 0 saturated carbocycles. The Morgan fingerprint density at radius 1 is 1.30 bits per heavy atom. The molecule has 0 bridgehead atoms. The van der Waals surface area contributed by atoms with Crippen molar-refractivity contribution in [2.24, 2.45) is 0 Å². The summed E-state index contributed by atoms with van der Waals surface area (Å²) in [4.78, 5) is 12.9. The van der Waals surface area contributed by atoms with Crippen LogP contribution in [0.25, 0.3) is 11.6 Å². The van der Waals surface area contributed by atoms with E-state index in [0.29, 0.717) is 16.7 Å². The van der Waals surface area contributed by atoms with E-state index >= 15 is 0 Å². The van der Waals surface area contributed by atoms with E-state index in [9.17, 15) is 26.4 Å². The fourth-order valence-electron chi connectivity index (χ4n) is 2.35. The molecule has 2 aromatic rings. The fourth-order valence-corrected chi connectivity index (χ4v) is 2.89. The fraction of sp³-hybridized carbons (Fsp3) is 0.167. The molecule has 1 heterocycles. The van der Waals surface area contributed by atoms with Gasteiger partial charge in [0, 0.05) is 11.1 Å². The second kappa shape index (κ2) is 7.07. The molecule has 27 heavy (non-hydrogen) atoms. The maximum Gasteiger partial charge on any atom is 0.534 e. The molecule has 0 N–H and O–H groups in total. The molecule has 1 aromatic carbocycles. The third-order valence-electron chi connectivity index (χ3n) is 3.61. The number of benzene rings is 1. The van der Waals surface area contributed by atoms with Crippen LogP contribution in [0.2, 0.25) is 0 Å². The van der Waals surface area contributed by atoms with E-state index in [2.05, 4.69) is 17.3 Å². The molecule has 0 fully saturated rings. The predicted octanol–water partition coefficient (Wildman–Crippen LogP) is 4.72. The van der Waals surface area contributed by atoms with Crippen LogP contribution in [0, 0.1) is 6.92 Å². The first-order valence-corrected chi connectivity index (χ1v) is 8.86. The van der Waals surface area contributed by atoms with E-state index in [0.717, 1.165) is 6.07 Å². The number of halogens is 3. The van der Waals surface area contributed by atoms with Crippen LogP contribution >= 0.6 is 0 Å². The Morgan fingerprint density at radius 2 is 1.93 bits per heavy atom. The number of furan rings is 1. The van der Waals surface area contributed by atoms with Gasteiger partial charge in [0.1, 0.15) is 0 Å². The summed E-state index contributed by atoms with van der Waals surface area (Å²) in [5, 5.41) is 0. The van der Waals surface area contributed by atoms with Gasteiger partial charge in [-0.05, 0) is 31.1 Å². The third kappa shape index (κ3) is 3.82. The second-order valence-electron chi connectivity index (χ2n) is 5.64. The third-order valence-corrected chi connectivity index (χ3v) is 4.56. The van der Waals surface area contributed by atoms with E-state index in [4.69, 9.17) is 4.42 Å². The van der Waals surface area contributed by atoms with Gasteiger partial charge < -0.3 is 8.60 Å². The molecule has 0 spiro atoms. The zero-order valence-electron chi connectivity index (χ0n) is 14.4. The van der Waals surface area contributed by atoms with Crippen molar-refractivity contribution in [2.75, 3.05) is 0 Å². The van der Waals surface area contributed by atoms with Crippen LogP contribution in [0.15, 0.2) is 42.0 Å². The maximum absolute atomic E-state index is 12.9. The van der Waals surface area contributed by atoms with Gasteiger partial charge in [0.2, 0.25) is 5.78 Å². The number of allylic oxidation sites excluding steroid dienone is 1. The zero-order chi connectivity index (χ0) is 20.6. The quantitative estimate of drug-likeness (QED) is 0.398. The van der Waals surface area contributed by atoms with Crippen LogP contribution in [0.3, 0.4) is 0 Å². The van der Waals surface area contributed by atoms with Crippen molar-refractivity contribution in [3.05, 3.63) is 65.6 Å². The van der Waals surface area contributed by atoms with Crippen molar-refractivity contribution in [1.29, 1.82) is 0 Å². The van der Waals surface area contributed by atoms with Crippen molar-refractivity contribution >= 4 is 27.6 Å². The van der Waals surface area contributed by atoms with Gasteiger partial charge in [-0.2, -0.15) is 21.6 Å². The predicted molar refractivity (Wildman–Crippen MR) is 93.7 cm³/mol. The van der Waals surface area contributed by atoms with Crippen LogP contribution in [-0.4, -0.2) is 19.7 Å².